The lowest BCUT2D eigenvalue weighted by atomic mass is 10.0. The second-order valence-electron chi connectivity index (χ2n) is 4.45. The van der Waals surface area contributed by atoms with Crippen molar-refractivity contribution in [3.63, 3.8) is 0 Å². The molecule has 0 saturated carbocycles. The van der Waals surface area contributed by atoms with Crippen molar-refractivity contribution in [2.45, 2.75) is 10.8 Å². The van der Waals surface area contributed by atoms with E-state index >= 15 is 0 Å². The Morgan fingerprint density at radius 3 is 2.38 bits per heavy atom. The van der Waals surface area contributed by atoms with Gasteiger partial charge in [-0.25, -0.2) is 0 Å². The number of methoxy groups -OCH3 is 2. The lowest BCUT2D eigenvalue weighted by molar-refractivity contribution is -0.141. The zero-order valence-electron chi connectivity index (χ0n) is 12.1. The summed E-state index contributed by atoms with van der Waals surface area (Å²) in [5.41, 5.74) is 0.965. The van der Waals surface area contributed by atoms with Gasteiger partial charge in [-0.2, -0.15) is 0 Å². The highest BCUT2D eigenvalue weighted by Gasteiger charge is 2.22. The second-order valence-corrected chi connectivity index (χ2v) is 5.51. The van der Waals surface area contributed by atoms with Crippen LogP contribution in [0.3, 0.4) is 0 Å². The van der Waals surface area contributed by atoms with Gasteiger partial charge in [-0.05, 0) is 17.7 Å². The Bertz CT molecular complexity index is 584. The Balaban J connectivity index is 2.15. The molecule has 0 bridgehead atoms. The van der Waals surface area contributed by atoms with E-state index in [0.717, 1.165) is 16.2 Å². The molecular formula is C17H18O3S. The molecule has 0 aliphatic carbocycles. The van der Waals surface area contributed by atoms with E-state index in [4.69, 9.17) is 9.47 Å². The molecular weight excluding hydrogens is 284 g/mol. The van der Waals surface area contributed by atoms with Gasteiger partial charge < -0.3 is 9.47 Å². The van der Waals surface area contributed by atoms with Crippen LogP contribution < -0.4 is 4.74 Å². The summed E-state index contributed by atoms with van der Waals surface area (Å²) < 4.78 is 10.3. The van der Waals surface area contributed by atoms with E-state index in [1.54, 1.807) is 18.9 Å². The van der Waals surface area contributed by atoms with E-state index < -0.39 is 0 Å². The van der Waals surface area contributed by atoms with Crippen LogP contribution in [-0.2, 0) is 9.53 Å². The molecule has 0 radical (unpaired) electrons. The molecule has 0 aliphatic heterocycles. The van der Waals surface area contributed by atoms with E-state index in [-0.39, 0.29) is 11.9 Å². The van der Waals surface area contributed by atoms with Crippen LogP contribution >= 0.6 is 11.8 Å². The summed E-state index contributed by atoms with van der Waals surface area (Å²) in [5, 5.41) is 0. The maximum absolute atomic E-state index is 12.0. The molecule has 0 spiro atoms. The lowest BCUT2D eigenvalue weighted by Crippen LogP contribution is -2.16. The minimum atomic E-state index is -0.286. The van der Waals surface area contributed by atoms with Crippen molar-refractivity contribution in [1.29, 1.82) is 0 Å². The van der Waals surface area contributed by atoms with E-state index in [0.29, 0.717) is 5.75 Å². The summed E-state index contributed by atoms with van der Waals surface area (Å²) in [6.07, 6.45) is 0. The number of hydrogen-bond donors (Lipinski definition) is 0. The van der Waals surface area contributed by atoms with Crippen molar-refractivity contribution in [2.24, 2.45) is 0 Å². The van der Waals surface area contributed by atoms with Gasteiger partial charge in [0.25, 0.3) is 0 Å². The molecule has 0 N–H and O–H groups in total. The quantitative estimate of drug-likeness (QED) is 0.601. The van der Waals surface area contributed by atoms with Gasteiger partial charge in [-0.15, -0.1) is 11.8 Å². The molecule has 0 amide bonds. The van der Waals surface area contributed by atoms with Gasteiger partial charge in [0, 0.05) is 10.6 Å². The molecule has 1 atom stereocenters. The topological polar surface area (TPSA) is 35.5 Å². The van der Waals surface area contributed by atoms with Crippen molar-refractivity contribution in [2.75, 3.05) is 20.0 Å². The molecule has 0 saturated heterocycles. The Morgan fingerprint density at radius 2 is 1.71 bits per heavy atom. The van der Waals surface area contributed by atoms with Crippen LogP contribution in [0.15, 0.2) is 59.5 Å². The van der Waals surface area contributed by atoms with Crippen molar-refractivity contribution in [1.82, 2.24) is 0 Å². The predicted molar refractivity (Wildman–Crippen MR) is 84.9 cm³/mol. The Morgan fingerprint density at radius 1 is 1.05 bits per heavy atom. The highest BCUT2D eigenvalue weighted by molar-refractivity contribution is 7.99. The van der Waals surface area contributed by atoms with Crippen LogP contribution in [0.25, 0.3) is 0 Å². The van der Waals surface area contributed by atoms with Gasteiger partial charge in [0.15, 0.2) is 0 Å². The number of carbonyl (C=O) groups excluding carboxylic acids is 1. The molecule has 0 aliphatic rings. The fourth-order valence-corrected chi connectivity index (χ4v) is 3.18. The minimum absolute atomic E-state index is 0.219. The summed E-state index contributed by atoms with van der Waals surface area (Å²) in [5.74, 6) is 0.922. The molecule has 3 nitrogen and oxygen atoms in total. The summed E-state index contributed by atoms with van der Waals surface area (Å²) in [6, 6.07) is 17.5. The van der Waals surface area contributed by atoms with Crippen LogP contribution in [0.2, 0.25) is 0 Å². The van der Waals surface area contributed by atoms with E-state index in [2.05, 4.69) is 0 Å². The van der Waals surface area contributed by atoms with E-state index in [1.807, 2.05) is 54.6 Å². The van der Waals surface area contributed by atoms with Gasteiger partial charge in [-0.3, -0.25) is 4.79 Å². The second kappa shape index (κ2) is 7.74. The molecule has 0 heterocycles. The first-order valence-electron chi connectivity index (χ1n) is 6.65. The predicted octanol–water partition coefficient (Wildman–Crippen LogP) is 3.74. The SMILES string of the molecule is COC(=O)C(CSc1ccccc1OC)c1ccccc1. The summed E-state index contributed by atoms with van der Waals surface area (Å²) >= 11 is 1.59. The largest absolute Gasteiger partial charge is 0.496 e. The molecule has 4 heteroatoms. The normalized spacial score (nSPS) is 11.7. The third-order valence-corrected chi connectivity index (χ3v) is 4.31. The van der Waals surface area contributed by atoms with Crippen LogP contribution in [0.4, 0.5) is 0 Å². The third kappa shape index (κ3) is 4.02. The molecule has 0 aromatic heterocycles. The van der Waals surface area contributed by atoms with Crippen LogP contribution in [0.5, 0.6) is 5.75 Å². The first-order chi connectivity index (χ1) is 10.3. The summed E-state index contributed by atoms with van der Waals surface area (Å²) in [4.78, 5) is 13.0. The van der Waals surface area contributed by atoms with Crippen LogP contribution in [0, 0.1) is 0 Å². The number of para-hydroxylation sites is 1. The maximum atomic E-state index is 12.0. The van der Waals surface area contributed by atoms with Crippen molar-refractivity contribution < 1.29 is 14.3 Å². The molecule has 1 unspecified atom stereocenters. The van der Waals surface area contributed by atoms with Gasteiger partial charge in [0.1, 0.15) is 5.75 Å². The van der Waals surface area contributed by atoms with Crippen LogP contribution in [0.1, 0.15) is 11.5 Å². The van der Waals surface area contributed by atoms with Crippen LogP contribution in [-0.4, -0.2) is 25.9 Å². The van der Waals surface area contributed by atoms with Crippen molar-refractivity contribution in [3.05, 3.63) is 60.2 Å². The number of thioether (sulfide) groups is 1. The average Bonchev–Trinajstić information content (AvgIpc) is 2.56. The monoisotopic (exact) mass is 302 g/mol. The first kappa shape index (κ1) is 15.4. The Labute approximate surface area is 129 Å². The highest BCUT2D eigenvalue weighted by atomic mass is 32.2. The number of benzene rings is 2. The van der Waals surface area contributed by atoms with Gasteiger partial charge >= 0.3 is 5.97 Å². The number of esters is 1. The lowest BCUT2D eigenvalue weighted by Gasteiger charge is -2.15. The smallest absolute Gasteiger partial charge is 0.313 e. The fraction of sp³-hybridized carbons (Fsp3) is 0.235. The molecule has 110 valence electrons. The zero-order chi connectivity index (χ0) is 15.1. The molecule has 0 fully saturated rings. The fourth-order valence-electron chi connectivity index (χ4n) is 2.04. The van der Waals surface area contributed by atoms with Gasteiger partial charge in [0.05, 0.1) is 20.1 Å². The summed E-state index contributed by atoms with van der Waals surface area (Å²) in [7, 11) is 3.07. The molecule has 2 aromatic rings. The molecule has 21 heavy (non-hydrogen) atoms. The molecule has 2 aromatic carbocycles. The zero-order valence-corrected chi connectivity index (χ0v) is 12.9. The maximum Gasteiger partial charge on any atom is 0.313 e. The Hall–Kier alpha value is -1.94. The van der Waals surface area contributed by atoms with Gasteiger partial charge in [-0.1, -0.05) is 42.5 Å². The number of carbonyl (C=O) groups is 1. The number of ether oxygens (including phenoxy) is 2. The third-order valence-electron chi connectivity index (χ3n) is 3.16. The molecule has 2 rings (SSSR count). The van der Waals surface area contributed by atoms with E-state index in [9.17, 15) is 4.79 Å². The van der Waals surface area contributed by atoms with E-state index in [1.165, 1.54) is 7.11 Å². The number of rotatable bonds is 6. The highest BCUT2D eigenvalue weighted by Crippen LogP contribution is 2.33. The van der Waals surface area contributed by atoms with Crippen molar-refractivity contribution in [3.8, 4) is 5.75 Å². The summed E-state index contributed by atoms with van der Waals surface area (Å²) in [6.45, 7) is 0. The first-order valence-corrected chi connectivity index (χ1v) is 7.63. The standard InChI is InChI=1S/C17H18O3S/c1-19-15-10-6-7-11-16(15)21-12-14(17(18)20-2)13-8-4-3-5-9-13/h3-11,14H,12H2,1-2H3. The average molecular weight is 302 g/mol. The Kier molecular flexibility index (Phi) is 5.69. The van der Waals surface area contributed by atoms with Gasteiger partial charge in [0.2, 0.25) is 0 Å². The number of hydrogen-bond acceptors (Lipinski definition) is 4. The van der Waals surface area contributed by atoms with Crippen molar-refractivity contribution >= 4 is 17.7 Å². The minimum Gasteiger partial charge on any atom is -0.496 e.